The first-order valence-corrected chi connectivity index (χ1v) is 7.04. The summed E-state index contributed by atoms with van der Waals surface area (Å²) >= 11 is 0. The molecule has 1 aromatic heterocycles. The van der Waals surface area contributed by atoms with Gasteiger partial charge in [0.1, 0.15) is 11.6 Å². The summed E-state index contributed by atoms with van der Waals surface area (Å²) in [4.78, 5) is 4.14. The lowest BCUT2D eigenvalue weighted by Gasteiger charge is -2.09. The minimum absolute atomic E-state index is 0.374. The van der Waals surface area contributed by atoms with E-state index in [2.05, 4.69) is 9.17 Å². The van der Waals surface area contributed by atoms with Crippen LogP contribution in [0.1, 0.15) is 12.7 Å². The molecule has 110 valence electrons. The molecule has 0 unspecified atom stereocenters. The van der Waals surface area contributed by atoms with E-state index < -0.39 is 21.4 Å². The van der Waals surface area contributed by atoms with Gasteiger partial charge in [0, 0.05) is 12.6 Å². The van der Waals surface area contributed by atoms with Crippen LogP contribution in [0.3, 0.4) is 0 Å². The molecule has 0 saturated heterocycles. The van der Waals surface area contributed by atoms with E-state index in [1.807, 2.05) is 11.5 Å². The number of nitrogens with zero attached hydrogens (tertiary/aromatic N) is 2. The third-order valence-corrected chi connectivity index (χ3v) is 3.70. The van der Waals surface area contributed by atoms with Gasteiger partial charge in [0.2, 0.25) is 0 Å². The van der Waals surface area contributed by atoms with E-state index in [1.54, 1.807) is 6.92 Å². The molecular formula is C11H11F3N2O3S. The molecule has 9 heteroatoms. The summed E-state index contributed by atoms with van der Waals surface area (Å²) in [6, 6.07) is 3.80. The highest BCUT2D eigenvalue weighted by Gasteiger charge is 2.48. The molecule has 2 rings (SSSR count). The van der Waals surface area contributed by atoms with Crippen molar-refractivity contribution in [3.8, 4) is 5.75 Å². The van der Waals surface area contributed by atoms with Crippen LogP contribution in [0.15, 0.2) is 18.2 Å². The van der Waals surface area contributed by atoms with Crippen LogP contribution in [0.25, 0.3) is 11.0 Å². The topological polar surface area (TPSA) is 61.2 Å². The monoisotopic (exact) mass is 308 g/mol. The average molecular weight is 308 g/mol. The van der Waals surface area contributed by atoms with E-state index in [9.17, 15) is 21.6 Å². The van der Waals surface area contributed by atoms with Crippen LogP contribution in [-0.2, 0) is 16.7 Å². The van der Waals surface area contributed by atoms with Gasteiger partial charge < -0.3 is 8.75 Å². The third kappa shape index (κ3) is 2.45. The number of hydrogen-bond acceptors (Lipinski definition) is 4. The number of imidazole rings is 1. The number of fused-ring (bicyclic) bond motifs is 1. The van der Waals surface area contributed by atoms with Gasteiger partial charge in [0.15, 0.2) is 0 Å². The molecule has 0 N–H and O–H groups in total. The molecule has 5 nitrogen and oxygen atoms in total. The zero-order valence-corrected chi connectivity index (χ0v) is 11.4. The van der Waals surface area contributed by atoms with Crippen LogP contribution in [0.4, 0.5) is 13.2 Å². The molecule has 0 aliphatic rings. The van der Waals surface area contributed by atoms with E-state index in [0.717, 1.165) is 6.07 Å². The quantitative estimate of drug-likeness (QED) is 0.646. The summed E-state index contributed by atoms with van der Waals surface area (Å²) in [5, 5.41) is 0. The molecule has 0 amide bonds. The van der Waals surface area contributed by atoms with Crippen LogP contribution < -0.4 is 4.18 Å². The highest BCUT2D eigenvalue weighted by molar-refractivity contribution is 7.88. The Kier molecular flexibility index (Phi) is 3.41. The smallest absolute Gasteiger partial charge is 0.376 e. The van der Waals surface area contributed by atoms with Crippen molar-refractivity contribution in [2.75, 3.05) is 0 Å². The Bertz CT molecular complexity index is 750. The largest absolute Gasteiger partial charge is 0.534 e. The molecule has 2 aromatic rings. The van der Waals surface area contributed by atoms with Crippen molar-refractivity contribution in [3.05, 3.63) is 24.0 Å². The Morgan fingerprint density at radius 3 is 2.55 bits per heavy atom. The van der Waals surface area contributed by atoms with Crippen molar-refractivity contribution in [2.45, 2.75) is 25.9 Å². The van der Waals surface area contributed by atoms with E-state index in [-0.39, 0.29) is 0 Å². The maximum absolute atomic E-state index is 12.2. The zero-order chi connectivity index (χ0) is 15.1. The van der Waals surface area contributed by atoms with E-state index in [4.69, 9.17) is 0 Å². The fraction of sp³-hybridized carbons (Fsp3) is 0.364. The predicted octanol–water partition coefficient (Wildman–Crippen LogP) is 2.59. The first kappa shape index (κ1) is 14.6. The summed E-state index contributed by atoms with van der Waals surface area (Å²) in [6.07, 6.45) is 0. The number of aromatic nitrogens is 2. The fourth-order valence-corrected chi connectivity index (χ4v) is 2.31. The Morgan fingerprint density at radius 2 is 2.00 bits per heavy atom. The van der Waals surface area contributed by atoms with Gasteiger partial charge in [-0.15, -0.1) is 0 Å². The van der Waals surface area contributed by atoms with Crippen LogP contribution in [0.5, 0.6) is 5.75 Å². The highest BCUT2D eigenvalue weighted by atomic mass is 32.2. The van der Waals surface area contributed by atoms with E-state index in [1.165, 1.54) is 12.1 Å². The van der Waals surface area contributed by atoms with Gasteiger partial charge >= 0.3 is 15.6 Å². The Morgan fingerprint density at radius 1 is 1.35 bits per heavy atom. The minimum atomic E-state index is -5.66. The van der Waals surface area contributed by atoms with Gasteiger partial charge in [0.05, 0.1) is 11.0 Å². The summed E-state index contributed by atoms with van der Waals surface area (Å²) in [6.45, 7) is 4.28. The number of halogens is 3. The van der Waals surface area contributed by atoms with E-state index in [0.29, 0.717) is 23.4 Å². The fourth-order valence-electron chi connectivity index (χ4n) is 1.85. The molecule has 0 spiro atoms. The van der Waals surface area contributed by atoms with Crippen LogP contribution in [0.2, 0.25) is 0 Å². The second-order valence-electron chi connectivity index (χ2n) is 4.04. The number of benzene rings is 1. The number of hydrogen-bond donors (Lipinski definition) is 0. The van der Waals surface area contributed by atoms with Crippen molar-refractivity contribution in [1.82, 2.24) is 9.55 Å². The maximum Gasteiger partial charge on any atom is 0.534 e. The minimum Gasteiger partial charge on any atom is -0.376 e. The first-order valence-electron chi connectivity index (χ1n) is 5.63. The first-order chi connectivity index (χ1) is 9.15. The second-order valence-corrected chi connectivity index (χ2v) is 5.57. The van der Waals surface area contributed by atoms with Crippen LogP contribution >= 0.6 is 0 Å². The van der Waals surface area contributed by atoms with Crippen molar-refractivity contribution in [1.29, 1.82) is 0 Å². The molecule has 1 heterocycles. The predicted molar refractivity (Wildman–Crippen MR) is 65.7 cm³/mol. The zero-order valence-electron chi connectivity index (χ0n) is 10.6. The highest BCUT2D eigenvalue weighted by Crippen LogP contribution is 2.28. The molecule has 20 heavy (non-hydrogen) atoms. The van der Waals surface area contributed by atoms with E-state index >= 15 is 0 Å². The molecule has 1 aromatic carbocycles. The lowest BCUT2D eigenvalue weighted by Crippen LogP contribution is -2.28. The van der Waals surface area contributed by atoms with Gasteiger partial charge in [0.25, 0.3) is 0 Å². The molecule has 0 fully saturated rings. The molecular weight excluding hydrogens is 297 g/mol. The summed E-state index contributed by atoms with van der Waals surface area (Å²) in [5.41, 5.74) is -4.39. The SMILES string of the molecule is CCn1c(C)nc2cc(OS(=O)(=O)C(F)(F)F)ccc21. The maximum atomic E-state index is 12.2. The second kappa shape index (κ2) is 4.65. The Balaban J connectivity index is 2.44. The van der Waals surface area contributed by atoms with Crippen molar-refractivity contribution in [3.63, 3.8) is 0 Å². The molecule has 0 radical (unpaired) electrons. The van der Waals surface area contributed by atoms with Gasteiger partial charge in [-0.25, -0.2) is 4.98 Å². The normalized spacial score (nSPS) is 12.8. The average Bonchev–Trinajstić information content (AvgIpc) is 2.61. The number of rotatable bonds is 3. The number of alkyl halides is 3. The van der Waals surface area contributed by atoms with Gasteiger partial charge in [-0.3, -0.25) is 0 Å². The standard InChI is InChI=1S/C11H11F3N2O3S/c1-3-16-7(2)15-9-6-8(4-5-10(9)16)19-20(17,18)11(12,13)14/h4-6H,3H2,1-2H3. The van der Waals surface area contributed by atoms with Crippen LogP contribution in [-0.4, -0.2) is 23.5 Å². The van der Waals surface area contributed by atoms with Crippen molar-refractivity contribution in [2.24, 2.45) is 0 Å². The van der Waals surface area contributed by atoms with Gasteiger partial charge in [-0.05, 0) is 26.0 Å². The molecule has 0 aliphatic heterocycles. The number of aryl methyl sites for hydroxylation is 2. The Hall–Kier alpha value is -1.77. The summed E-state index contributed by atoms with van der Waals surface area (Å²) in [7, 11) is -5.66. The summed E-state index contributed by atoms with van der Waals surface area (Å²) in [5.74, 6) is 0.258. The van der Waals surface area contributed by atoms with Crippen LogP contribution in [0, 0.1) is 6.92 Å². The molecule has 0 aliphatic carbocycles. The molecule has 0 atom stereocenters. The Labute approximate surface area is 113 Å². The lowest BCUT2D eigenvalue weighted by atomic mass is 10.3. The van der Waals surface area contributed by atoms with Crippen molar-refractivity contribution < 1.29 is 25.8 Å². The van der Waals surface area contributed by atoms with Crippen molar-refractivity contribution >= 4 is 21.2 Å². The van der Waals surface area contributed by atoms with Gasteiger partial charge in [-0.2, -0.15) is 21.6 Å². The lowest BCUT2D eigenvalue weighted by molar-refractivity contribution is -0.0500. The molecule has 0 saturated carbocycles. The summed E-state index contributed by atoms with van der Waals surface area (Å²) < 4.78 is 64.4. The molecule has 0 bridgehead atoms. The third-order valence-electron chi connectivity index (χ3n) is 2.72. The van der Waals surface area contributed by atoms with Gasteiger partial charge in [-0.1, -0.05) is 0 Å².